The van der Waals surface area contributed by atoms with Crippen LogP contribution in [0, 0.1) is 6.92 Å². The van der Waals surface area contributed by atoms with Crippen molar-refractivity contribution in [2.75, 3.05) is 5.32 Å². The molecule has 1 aliphatic rings. The van der Waals surface area contributed by atoms with Crippen LogP contribution < -0.4 is 5.32 Å². The van der Waals surface area contributed by atoms with Crippen LogP contribution in [0.1, 0.15) is 39.4 Å². The van der Waals surface area contributed by atoms with Crippen molar-refractivity contribution in [3.05, 3.63) is 46.6 Å². The molecule has 0 saturated carbocycles. The Labute approximate surface area is 131 Å². The van der Waals surface area contributed by atoms with E-state index >= 15 is 0 Å². The molecule has 2 unspecified atom stereocenters. The lowest BCUT2D eigenvalue weighted by Gasteiger charge is -2.17. The van der Waals surface area contributed by atoms with Crippen molar-refractivity contribution in [3.8, 4) is 0 Å². The van der Waals surface area contributed by atoms with E-state index in [0.29, 0.717) is 5.82 Å². The van der Waals surface area contributed by atoms with Crippen LogP contribution in [0.3, 0.4) is 0 Å². The first kappa shape index (κ1) is 14.6. The summed E-state index contributed by atoms with van der Waals surface area (Å²) in [7, 11) is 0. The van der Waals surface area contributed by atoms with Crippen molar-refractivity contribution < 1.29 is 14.7 Å². The maximum atomic E-state index is 12.0. The Morgan fingerprint density at radius 3 is 2.64 bits per heavy atom. The summed E-state index contributed by atoms with van der Waals surface area (Å²) in [6.45, 7) is 3.76. The van der Waals surface area contributed by atoms with Crippen molar-refractivity contribution >= 4 is 29.5 Å². The van der Waals surface area contributed by atoms with Crippen LogP contribution in [0.5, 0.6) is 0 Å². The average Bonchev–Trinajstić information content (AvgIpc) is 2.79. The lowest BCUT2D eigenvalue weighted by atomic mass is 10.0. The zero-order valence-electron chi connectivity index (χ0n) is 12.1. The van der Waals surface area contributed by atoms with Gasteiger partial charge in [0, 0.05) is 11.3 Å². The molecule has 0 spiro atoms. The number of hydrogen-bond acceptors (Lipinski definition) is 4. The standard InChI is InChI=1S/C15H15N3O3S/c1-7-11-12(9-3-5-10(6-4-9)15(20)21)22-8(2)14(19)16-13(11)18-17-7/h3-6,8,12H,1-2H3,(H,20,21)(H2,16,17,18,19). The van der Waals surface area contributed by atoms with Crippen LogP contribution in [-0.2, 0) is 4.79 Å². The summed E-state index contributed by atoms with van der Waals surface area (Å²) in [5.41, 5.74) is 3.02. The number of aromatic nitrogens is 2. The molecule has 0 radical (unpaired) electrons. The molecule has 0 bridgehead atoms. The Balaban J connectivity index is 2.06. The largest absolute Gasteiger partial charge is 0.478 e. The number of nitrogens with one attached hydrogen (secondary N) is 2. The second-order valence-electron chi connectivity index (χ2n) is 5.19. The fraction of sp³-hybridized carbons (Fsp3) is 0.267. The minimum Gasteiger partial charge on any atom is -0.478 e. The number of aryl methyl sites for hydroxylation is 1. The molecule has 2 atom stereocenters. The van der Waals surface area contributed by atoms with Gasteiger partial charge < -0.3 is 10.4 Å². The second kappa shape index (κ2) is 5.49. The molecule has 1 aromatic heterocycles. The van der Waals surface area contributed by atoms with Crippen molar-refractivity contribution in [2.24, 2.45) is 0 Å². The number of carboxylic acids is 1. The maximum absolute atomic E-state index is 12.0. The summed E-state index contributed by atoms with van der Waals surface area (Å²) in [6.07, 6.45) is 0. The lowest BCUT2D eigenvalue weighted by molar-refractivity contribution is -0.115. The van der Waals surface area contributed by atoms with Gasteiger partial charge in [-0.15, -0.1) is 11.8 Å². The van der Waals surface area contributed by atoms with Crippen LogP contribution >= 0.6 is 11.8 Å². The van der Waals surface area contributed by atoms with Gasteiger partial charge in [0.2, 0.25) is 5.91 Å². The van der Waals surface area contributed by atoms with Gasteiger partial charge in [0.05, 0.1) is 16.1 Å². The van der Waals surface area contributed by atoms with Crippen molar-refractivity contribution in [2.45, 2.75) is 24.3 Å². The first-order valence-corrected chi connectivity index (χ1v) is 7.76. The average molecular weight is 317 g/mol. The number of rotatable bonds is 2. The van der Waals surface area contributed by atoms with Gasteiger partial charge in [0.25, 0.3) is 0 Å². The summed E-state index contributed by atoms with van der Waals surface area (Å²) >= 11 is 1.52. The second-order valence-corrected chi connectivity index (χ2v) is 6.64. The first-order chi connectivity index (χ1) is 10.5. The molecule has 0 saturated heterocycles. The normalized spacial score (nSPS) is 20.9. The zero-order chi connectivity index (χ0) is 15.9. The molecule has 6 nitrogen and oxygen atoms in total. The van der Waals surface area contributed by atoms with E-state index in [0.717, 1.165) is 16.8 Å². The molecule has 2 heterocycles. The number of anilines is 1. The number of nitrogens with zero attached hydrogens (tertiary/aromatic N) is 1. The fourth-order valence-corrected chi connectivity index (χ4v) is 3.78. The predicted octanol–water partition coefficient (Wildman–Crippen LogP) is 2.58. The third-order valence-electron chi connectivity index (χ3n) is 3.67. The number of carboxylic acid groups (broad SMARTS) is 1. The highest BCUT2D eigenvalue weighted by Crippen LogP contribution is 2.44. The van der Waals surface area contributed by atoms with E-state index in [2.05, 4.69) is 15.5 Å². The van der Waals surface area contributed by atoms with Crippen LogP contribution in [0.4, 0.5) is 5.82 Å². The topological polar surface area (TPSA) is 95.1 Å². The number of carbonyl (C=O) groups is 2. The van der Waals surface area contributed by atoms with Crippen molar-refractivity contribution in [3.63, 3.8) is 0 Å². The zero-order valence-corrected chi connectivity index (χ0v) is 12.9. The maximum Gasteiger partial charge on any atom is 0.335 e. The smallest absolute Gasteiger partial charge is 0.335 e. The first-order valence-electron chi connectivity index (χ1n) is 6.82. The number of thioether (sulfide) groups is 1. The monoisotopic (exact) mass is 317 g/mol. The van der Waals surface area contributed by atoms with Gasteiger partial charge in [-0.1, -0.05) is 12.1 Å². The molecule has 0 aliphatic carbocycles. The number of H-pyrrole nitrogens is 1. The minimum atomic E-state index is -0.953. The third-order valence-corrected chi connectivity index (χ3v) is 5.07. The number of aromatic amines is 1. The highest BCUT2D eigenvalue weighted by atomic mass is 32.2. The van der Waals surface area contributed by atoms with E-state index in [-0.39, 0.29) is 22.0 Å². The van der Waals surface area contributed by atoms with Crippen molar-refractivity contribution in [1.29, 1.82) is 0 Å². The number of carbonyl (C=O) groups excluding carboxylic acids is 1. The van der Waals surface area contributed by atoms with Crippen LogP contribution in [-0.4, -0.2) is 32.4 Å². The number of benzene rings is 1. The van der Waals surface area contributed by atoms with Gasteiger partial charge in [0.1, 0.15) is 0 Å². The quantitative estimate of drug-likeness (QED) is 0.791. The van der Waals surface area contributed by atoms with E-state index in [1.54, 1.807) is 24.3 Å². The van der Waals surface area contributed by atoms with Crippen LogP contribution in [0.15, 0.2) is 24.3 Å². The molecule has 1 aliphatic heterocycles. The molecule has 114 valence electrons. The Bertz CT molecular complexity index is 739. The van der Waals surface area contributed by atoms with Crippen LogP contribution in [0.25, 0.3) is 0 Å². The van der Waals surface area contributed by atoms with Crippen molar-refractivity contribution in [1.82, 2.24) is 10.2 Å². The molecular weight excluding hydrogens is 302 g/mol. The lowest BCUT2D eigenvalue weighted by Crippen LogP contribution is -2.21. The number of fused-ring (bicyclic) bond motifs is 1. The van der Waals surface area contributed by atoms with Gasteiger partial charge in [-0.3, -0.25) is 9.89 Å². The van der Waals surface area contributed by atoms with E-state index in [9.17, 15) is 9.59 Å². The van der Waals surface area contributed by atoms with E-state index < -0.39 is 5.97 Å². The molecular formula is C15H15N3O3S. The van der Waals surface area contributed by atoms with Gasteiger partial charge in [0.15, 0.2) is 5.82 Å². The summed E-state index contributed by atoms with van der Waals surface area (Å²) in [5.74, 6) is -0.487. The highest BCUT2D eigenvalue weighted by Gasteiger charge is 2.32. The summed E-state index contributed by atoms with van der Waals surface area (Å²) in [4.78, 5) is 23.0. The third kappa shape index (κ3) is 2.48. The Morgan fingerprint density at radius 1 is 1.32 bits per heavy atom. The van der Waals surface area contributed by atoms with Crippen LogP contribution in [0.2, 0.25) is 0 Å². The predicted molar refractivity (Wildman–Crippen MR) is 84.3 cm³/mol. The van der Waals surface area contributed by atoms with E-state index in [4.69, 9.17) is 5.11 Å². The highest BCUT2D eigenvalue weighted by molar-refractivity contribution is 8.01. The molecule has 1 aromatic carbocycles. The molecule has 2 aromatic rings. The molecule has 1 amide bonds. The molecule has 3 rings (SSSR count). The fourth-order valence-electron chi connectivity index (χ4n) is 2.45. The SMILES string of the molecule is Cc1[nH]nc2c1C(c1ccc(C(=O)O)cc1)SC(C)C(=O)N2. The summed E-state index contributed by atoms with van der Waals surface area (Å²) < 4.78 is 0. The van der Waals surface area contributed by atoms with Gasteiger partial charge in [-0.05, 0) is 31.5 Å². The molecule has 7 heteroatoms. The Kier molecular flexibility index (Phi) is 3.66. The molecule has 0 fully saturated rings. The van der Waals surface area contributed by atoms with E-state index in [1.807, 2.05) is 13.8 Å². The molecule has 3 N–H and O–H groups in total. The summed E-state index contributed by atoms with van der Waals surface area (Å²) in [6, 6.07) is 6.75. The Morgan fingerprint density at radius 2 is 2.00 bits per heavy atom. The number of aromatic carboxylic acids is 1. The summed E-state index contributed by atoms with van der Waals surface area (Å²) in [5, 5.41) is 18.6. The number of hydrogen-bond donors (Lipinski definition) is 3. The van der Waals surface area contributed by atoms with Gasteiger partial charge >= 0.3 is 5.97 Å². The van der Waals surface area contributed by atoms with Gasteiger partial charge in [-0.2, -0.15) is 5.10 Å². The number of amides is 1. The minimum absolute atomic E-state index is 0.0782. The van der Waals surface area contributed by atoms with Gasteiger partial charge in [-0.25, -0.2) is 4.79 Å². The molecule has 22 heavy (non-hydrogen) atoms. The van der Waals surface area contributed by atoms with E-state index in [1.165, 1.54) is 11.8 Å². The Hall–Kier alpha value is -2.28.